The van der Waals surface area contributed by atoms with Crippen LogP contribution in [0.15, 0.2) is 46.9 Å². The first-order chi connectivity index (χ1) is 8.19. The molecule has 0 radical (unpaired) electrons. The monoisotopic (exact) mass is 292 g/mol. The Morgan fingerprint density at radius 2 is 2.00 bits per heavy atom. The normalized spacial score (nSPS) is 10.0. The smallest absolute Gasteiger partial charge is 0.120 e. The number of hydrogen-bond acceptors (Lipinski definition) is 3. The molecule has 88 valence electrons. The lowest BCUT2D eigenvalue weighted by Crippen LogP contribution is -1.96. The summed E-state index contributed by atoms with van der Waals surface area (Å²) >= 11 is 3.42. The molecule has 0 aliphatic heterocycles. The van der Waals surface area contributed by atoms with Gasteiger partial charge in [-0.25, -0.2) is 0 Å². The van der Waals surface area contributed by atoms with E-state index >= 15 is 0 Å². The lowest BCUT2D eigenvalue weighted by atomic mass is 10.2. The lowest BCUT2D eigenvalue weighted by molar-refractivity contribution is 0.415. The summed E-state index contributed by atoms with van der Waals surface area (Å²) in [6.07, 6.45) is 0. The standard InChI is InChI=1S/C13H13BrN2O/c1-17-11-4-2-3-10(8-11)16-13-7-9(14)5-6-12(13)15/h2-8,16H,15H2,1H3. The molecule has 0 unspecified atom stereocenters. The fourth-order valence-electron chi connectivity index (χ4n) is 1.49. The van der Waals surface area contributed by atoms with Crippen molar-refractivity contribution in [3.05, 3.63) is 46.9 Å². The Morgan fingerprint density at radius 1 is 1.18 bits per heavy atom. The van der Waals surface area contributed by atoms with Gasteiger partial charge in [0.25, 0.3) is 0 Å². The summed E-state index contributed by atoms with van der Waals surface area (Å²) in [5.74, 6) is 0.809. The summed E-state index contributed by atoms with van der Waals surface area (Å²) in [6.45, 7) is 0. The van der Waals surface area contributed by atoms with Gasteiger partial charge in [0.2, 0.25) is 0 Å². The third-order valence-corrected chi connectivity index (χ3v) is 2.86. The van der Waals surface area contributed by atoms with Gasteiger partial charge in [-0.15, -0.1) is 0 Å². The van der Waals surface area contributed by atoms with Crippen molar-refractivity contribution >= 4 is 33.0 Å². The Kier molecular flexibility index (Phi) is 3.54. The van der Waals surface area contributed by atoms with Crippen molar-refractivity contribution in [1.29, 1.82) is 0 Å². The van der Waals surface area contributed by atoms with E-state index in [9.17, 15) is 0 Å². The summed E-state index contributed by atoms with van der Waals surface area (Å²) in [6, 6.07) is 13.4. The van der Waals surface area contributed by atoms with Gasteiger partial charge in [0.1, 0.15) is 5.75 Å². The highest BCUT2D eigenvalue weighted by Gasteiger charge is 2.01. The summed E-state index contributed by atoms with van der Waals surface area (Å²) in [5, 5.41) is 3.25. The zero-order chi connectivity index (χ0) is 12.3. The number of benzene rings is 2. The molecule has 0 saturated heterocycles. The van der Waals surface area contributed by atoms with Gasteiger partial charge in [0, 0.05) is 16.2 Å². The quantitative estimate of drug-likeness (QED) is 0.847. The van der Waals surface area contributed by atoms with Crippen LogP contribution in [-0.2, 0) is 0 Å². The lowest BCUT2D eigenvalue weighted by Gasteiger charge is -2.10. The van der Waals surface area contributed by atoms with Crippen LogP contribution in [0.25, 0.3) is 0 Å². The molecule has 0 amide bonds. The van der Waals surface area contributed by atoms with Crippen LogP contribution in [-0.4, -0.2) is 7.11 Å². The van der Waals surface area contributed by atoms with Crippen molar-refractivity contribution in [3.8, 4) is 5.75 Å². The van der Waals surface area contributed by atoms with Crippen LogP contribution in [0.4, 0.5) is 17.1 Å². The Labute approximate surface area is 109 Å². The molecule has 3 nitrogen and oxygen atoms in total. The maximum atomic E-state index is 5.89. The number of rotatable bonds is 3. The molecule has 0 aliphatic rings. The molecule has 0 bridgehead atoms. The molecule has 0 atom stereocenters. The SMILES string of the molecule is COc1cccc(Nc2cc(Br)ccc2N)c1. The van der Waals surface area contributed by atoms with Gasteiger partial charge in [0.15, 0.2) is 0 Å². The van der Waals surface area contributed by atoms with Gasteiger partial charge in [-0.05, 0) is 30.3 Å². The second-order valence-corrected chi connectivity index (χ2v) is 4.50. The Hall–Kier alpha value is -1.68. The number of nitrogen functional groups attached to an aromatic ring is 1. The first-order valence-electron chi connectivity index (χ1n) is 5.15. The first-order valence-corrected chi connectivity index (χ1v) is 5.94. The van der Waals surface area contributed by atoms with Crippen LogP contribution in [0.2, 0.25) is 0 Å². The molecule has 3 N–H and O–H groups in total. The second kappa shape index (κ2) is 5.10. The molecule has 0 fully saturated rings. The number of nitrogens with two attached hydrogens (primary N) is 1. The Balaban J connectivity index is 2.27. The van der Waals surface area contributed by atoms with Crippen molar-refractivity contribution in [2.45, 2.75) is 0 Å². The topological polar surface area (TPSA) is 47.3 Å². The molecule has 4 heteroatoms. The van der Waals surface area contributed by atoms with Gasteiger partial charge in [0.05, 0.1) is 18.5 Å². The Bertz CT molecular complexity index is 529. The van der Waals surface area contributed by atoms with Gasteiger partial charge in [-0.2, -0.15) is 0 Å². The predicted octanol–water partition coefficient (Wildman–Crippen LogP) is 3.78. The van der Waals surface area contributed by atoms with E-state index in [2.05, 4.69) is 21.2 Å². The summed E-state index contributed by atoms with van der Waals surface area (Å²) in [7, 11) is 1.65. The van der Waals surface area contributed by atoms with Crippen LogP contribution in [0, 0.1) is 0 Å². The molecule has 2 aromatic rings. The fourth-order valence-corrected chi connectivity index (χ4v) is 1.85. The van der Waals surface area contributed by atoms with Crippen LogP contribution in [0.5, 0.6) is 5.75 Å². The Morgan fingerprint density at radius 3 is 2.76 bits per heavy atom. The number of hydrogen-bond donors (Lipinski definition) is 2. The minimum atomic E-state index is 0.705. The highest BCUT2D eigenvalue weighted by molar-refractivity contribution is 9.10. The largest absolute Gasteiger partial charge is 0.497 e. The van der Waals surface area contributed by atoms with E-state index < -0.39 is 0 Å². The molecule has 0 spiro atoms. The predicted molar refractivity (Wildman–Crippen MR) is 74.8 cm³/mol. The first kappa shape index (κ1) is 11.8. The third-order valence-electron chi connectivity index (χ3n) is 2.36. The number of anilines is 3. The molecule has 17 heavy (non-hydrogen) atoms. The minimum absolute atomic E-state index is 0.705. The molecule has 2 aromatic carbocycles. The summed E-state index contributed by atoms with van der Waals surface area (Å²) in [4.78, 5) is 0. The van der Waals surface area contributed by atoms with Crippen molar-refractivity contribution in [2.75, 3.05) is 18.2 Å². The molecule has 0 aromatic heterocycles. The number of halogens is 1. The van der Waals surface area contributed by atoms with Gasteiger partial charge in [-0.3, -0.25) is 0 Å². The highest BCUT2D eigenvalue weighted by Crippen LogP contribution is 2.28. The van der Waals surface area contributed by atoms with Crippen molar-refractivity contribution in [3.63, 3.8) is 0 Å². The number of ether oxygens (including phenoxy) is 1. The maximum Gasteiger partial charge on any atom is 0.120 e. The minimum Gasteiger partial charge on any atom is -0.497 e. The zero-order valence-electron chi connectivity index (χ0n) is 9.41. The van der Waals surface area contributed by atoms with Crippen LogP contribution in [0.3, 0.4) is 0 Å². The maximum absolute atomic E-state index is 5.89. The van der Waals surface area contributed by atoms with Gasteiger partial charge < -0.3 is 15.8 Å². The molecule has 0 saturated carbocycles. The highest BCUT2D eigenvalue weighted by atomic mass is 79.9. The van der Waals surface area contributed by atoms with E-state index in [0.717, 1.165) is 21.6 Å². The van der Waals surface area contributed by atoms with Crippen molar-refractivity contribution in [2.24, 2.45) is 0 Å². The van der Waals surface area contributed by atoms with Gasteiger partial charge >= 0.3 is 0 Å². The van der Waals surface area contributed by atoms with E-state index in [-0.39, 0.29) is 0 Å². The van der Waals surface area contributed by atoms with Crippen molar-refractivity contribution < 1.29 is 4.74 Å². The van der Waals surface area contributed by atoms with E-state index in [1.807, 2.05) is 42.5 Å². The molecule has 0 heterocycles. The number of methoxy groups -OCH3 is 1. The second-order valence-electron chi connectivity index (χ2n) is 3.59. The summed E-state index contributed by atoms with van der Waals surface area (Å²) in [5.41, 5.74) is 8.41. The van der Waals surface area contributed by atoms with Crippen LogP contribution < -0.4 is 15.8 Å². The summed E-state index contributed by atoms with van der Waals surface area (Å²) < 4.78 is 6.15. The number of nitrogens with one attached hydrogen (secondary N) is 1. The zero-order valence-corrected chi connectivity index (χ0v) is 11.0. The van der Waals surface area contributed by atoms with E-state index in [1.54, 1.807) is 7.11 Å². The average Bonchev–Trinajstić information content (AvgIpc) is 2.34. The molecular weight excluding hydrogens is 280 g/mol. The van der Waals surface area contributed by atoms with E-state index in [0.29, 0.717) is 5.69 Å². The van der Waals surface area contributed by atoms with Crippen molar-refractivity contribution in [1.82, 2.24) is 0 Å². The fraction of sp³-hybridized carbons (Fsp3) is 0.0769. The van der Waals surface area contributed by atoms with Crippen LogP contribution >= 0.6 is 15.9 Å². The molecular formula is C13H13BrN2O. The third kappa shape index (κ3) is 2.91. The molecule has 0 aliphatic carbocycles. The van der Waals surface area contributed by atoms with E-state index in [4.69, 9.17) is 10.5 Å². The van der Waals surface area contributed by atoms with E-state index in [1.165, 1.54) is 0 Å². The average molecular weight is 293 g/mol. The molecule has 2 rings (SSSR count). The van der Waals surface area contributed by atoms with Crippen LogP contribution in [0.1, 0.15) is 0 Å². The van der Waals surface area contributed by atoms with Gasteiger partial charge in [-0.1, -0.05) is 22.0 Å².